The van der Waals surface area contributed by atoms with Gasteiger partial charge >= 0.3 is 0 Å². The zero-order valence-corrected chi connectivity index (χ0v) is 12.3. The summed E-state index contributed by atoms with van der Waals surface area (Å²) in [6.45, 7) is 3.87. The molecule has 2 radical (unpaired) electrons. The molecule has 8 heteroatoms. The molecule has 5 nitrogen and oxygen atoms in total. The number of hydrogen-bond donors (Lipinski definition) is 2. The van der Waals surface area contributed by atoms with Crippen molar-refractivity contribution in [3.63, 3.8) is 0 Å². The highest BCUT2D eigenvalue weighted by Gasteiger charge is 2.03. The topological polar surface area (TPSA) is 70.6 Å². The Morgan fingerprint density at radius 1 is 1.22 bits per heavy atom. The van der Waals surface area contributed by atoms with Crippen LogP contribution in [0.15, 0.2) is 5.10 Å². The van der Waals surface area contributed by atoms with Crippen LogP contribution in [-0.2, 0) is 9.59 Å². The lowest BCUT2D eigenvalue weighted by atomic mass is 10.2. The van der Waals surface area contributed by atoms with Crippen LogP contribution in [0.1, 0.15) is 26.7 Å². The standard InChI is InChI=1S/C10H18BN3O2S2/c1-8(2)13-9(15)3-5-17-18-6-4-10(16)14-12-7-11/h7-8H,3-6H2,1-2H3,(H,13,15)(H,14,16)/b12-7+. The van der Waals surface area contributed by atoms with E-state index in [1.165, 1.54) is 0 Å². The van der Waals surface area contributed by atoms with Crippen LogP contribution >= 0.6 is 21.6 Å². The molecule has 0 bridgehead atoms. The molecule has 0 saturated carbocycles. The maximum absolute atomic E-state index is 11.3. The molecule has 0 fully saturated rings. The van der Waals surface area contributed by atoms with Gasteiger partial charge in [-0.1, -0.05) is 21.6 Å². The first-order valence-electron chi connectivity index (χ1n) is 5.62. The summed E-state index contributed by atoms with van der Waals surface area (Å²) in [5.74, 6) is 1.32. The SMILES string of the molecule is [B]/C=N/NC(=O)CCSSCCC(=O)NC(C)C. The Bertz CT molecular complexity index is 288. The van der Waals surface area contributed by atoms with E-state index in [1.807, 2.05) is 13.8 Å². The van der Waals surface area contributed by atoms with E-state index in [4.69, 9.17) is 7.85 Å². The van der Waals surface area contributed by atoms with E-state index >= 15 is 0 Å². The van der Waals surface area contributed by atoms with Crippen molar-refractivity contribution >= 4 is 47.4 Å². The van der Waals surface area contributed by atoms with Crippen molar-refractivity contribution < 1.29 is 9.59 Å². The first-order chi connectivity index (χ1) is 8.56. The molecule has 0 aliphatic heterocycles. The summed E-state index contributed by atoms with van der Waals surface area (Å²) in [4.78, 5) is 22.4. The summed E-state index contributed by atoms with van der Waals surface area (Å²) in [7, 11) is 8.14. The molecule has 0 atom stereocenters. The summed E-state index contributed by atoms with van der Waals surface area (Å²) in [6, 6.07) is 0.182. The van der Waals surface area contributed by atoms with Crippen LogP contribution in [-0.4, -0.2) is 43.3 Å². The first kappa shape index (κ1) is 17.4. The molecule has 2 amide bonds. The van der Waals surface area contributed by atoms with E-state index in [9.17, 15) is 9.59 Å². The highest BCUT2D eigenvalue weighted by atomic mass is 33.1. The van der Waals surface area contributed by atoms with Crippen molar-refractivity contribution in [2.45, 2.75) is 32.7 Å². The van der Waals surface area contributed by atoms with E-state index < -0.39 is 0 Å². The average Bonchev–Trinajstić information content (AvgIpc) is 2.30. The van der Waals surface area contributed by atoms with E-state index in [1.54, 1.807) is 21.6 Å². The minimum absolute atomic E-state index is 0.0631. The lowest BCUT2D eigenvalue weighted by molar-refractivity contribution is -0.121. The van der Waals surface area contributed by atoms with Gasteiger partial charge in [0.15, 0.2) is 0 Å². The molecular formula is C10H18BN3O2S2. The highest BCUT2D eigenvalue weighted by Crippen LogP contribution is 2.22. The summed E-state index contributed by atoms with van der Waals surface area (Å²) < 4.78 is 0. The van der Waals surface area contributed by atoms with Gasteiger partial charge in [0.25, 0.3) is 0 Å². The average molecular weight is 287 g/mol. The summed E-state index contributed by atoms with van der Waals surface area (Å²) >= 11 is 0. The molecule has 0 rings (SSSR count). The van der Waals surface area contributed by atoms with E-state index in [0.29, 0.717) is 18.6 Å². The molecule has 0 aromatic carbocycles. The Hall–Kier alpha value is -0.625. The van der Waals surface area contributed by atoms with Crippen LogP contribution < -0.4 is 10.7 Å². The van der Waals surface area contributed by atoms with Gasteiger partial charge in [0.2, 0.25) is 11.8 Å². The number of hydrazone groups is 1. The largest absolute Gasteiger partial charge is 0.354 e. The minimum Gasteiger partial charge on any atom is -0.354 e. The zero-order chi connectivity index (χ0) is 13.8. The maximum atomic E-state index is 11.3. The molecule has 0 spiro atoms. The molecule has 0 heterocycles. The van der Waals surface area contributed by atoms with Crippen LogP contribution in [0.25, 0.3) is 0 Å². The molecular weight excluding hydrogens is 269 g/mol. The van der Waals surface area contributed by atoms with Crippen LogP contribution in [0.5, 0.6) is 0 Å². The predicted molar refractivity (Wildman–Crippen MR) is 79.8 cm³/mol. The van der Waals surface area contributed by atoms with Crippen molar-refractivity contribution in [1.82, 2.24) is 10.7 Å². The van der Waals surface area contributed by atoms with Crippen LogP contribution in [0.3, 0.4) is 0 Å². The molecule has 100 valence electrons. The zero-order valence-electron chi connectivity index (χ0n) is 10.6. The third-order valence-corrected chi connectivity index (χ3v) is 4.03. The molecule has 0 aromatic rings. The Labute approximate surface area is 117 Å². The van der Waals surface area contributed by atoms with Gasteiger partial charge in [-0.25, -0.2) is 5.43 Å². The van der Waals surface area contributed by atoms with E-state index in [2.05, 4.69) is 15.8 Å². The van der Waals surface area contributed by atoms with E-state index in [0.717, 1.165) is 11.9 Å². The Morgan fingerprint density at radius 3 is 2.28 bits per heavy atom. The van der Waals surface area contributed by atoms with Gasteiger partial charge in [-0.2, -0.15) is 5.10 Å². The Kier molecular flexibility index (Phi) is 11.1. The lowest BCUT2D eigenvalue weighted by Gasteiger charge is -2.07. The third kappa shape index (κ3) is 11.8. The molecule has 0 aromatic heterocycles. The fourth-order valence-corrected chi connectivity index (χ4v) is 2.93. The van der Waals surface area contributed by atoms with Gasteiger partial charge in [-0.15, -0.1) is 0 Å². The Balaban J connectivity index is 3.35. The molecule has 0 aliphatic carbocycles. The van der Waals surface area contributed by atoms with E-state index in [-0.39, 0.29) is 17.9 Å². The van der Waals surface area contributed by atoms with Crippen molar-refractivity contribution in [1.29, 1.82) is 0 Å². The highest BCUT2D eigenvalue weighted by molar-refractivity contribution is 8.76. The number of rotatable bonds is 9. The van der Waals surface area contributed by atoms with Gasteiger partial charge in [0.1, 0.15) is 7.85 Å². The maximum Gasteiger partial charge on any atom is 0.240 e. The number of amides is 2. The van der Waals surface area contributed by atoms with Gasteiger partial charge in [0.05, 0.1) is 0 Å². The van der Waals surface area contributed by atoms with Gasteiger partial charge in [-0.05, 0) is 20.0 Å². The van der Waals surface area contributed by atoms with Crippen LogP contribution in [0.2, 0.25) is 0 Å². The molecule has 18 heavy (non-hydrogen) atoms. The van der Waals surface area contributed by atoms with Crippen LogP contribution in [0, 0.1) is 0 Å². The van der Waals surface area contributed by atoms with Crippen molar-refractivity contribution in [3.05, 3.63) is 0 Å². The number of carbonyl (C=O) groups is 2. The number of hydrogen-bond acceptors (Lipinski definition) is 5. The van der Waals surface area contributed by atoms with Crippen molar-refractivity contribution in [3.8, 4) is 0 Å². The quantitative estimate of drug-likeness (QED) is 0.217. The summed E-state index contributed by atoms with van der Waals surface area (Å²) in [5, 5.41) is 6.24. The Morgan fingerprint density at radius 2 is 1.78 bits per heavy atom. The number of nitrogens with zero attached hydrogens (tertiary/aromatic N) is 1. The van der Waals surface area contributed by atoms with Gasteiger partial charge < -0.3 is 5.32 Å². The first-order valence-corrected chi connectivity index (χ1v) is 8.11. The lowest BCUT2D eigenvalue weighted by Crippen LogP contribution is -2.30. The number of nitrogens with one attached hydrogen (secondary N) is 2. The second-order valence-electron chi connectivity index (χ2n) is 3.68. The second-order valence-corrected chi connectivity index (χ2v) is 6.38. The summed E-state index contributed by atoms with van der Waals surface area (Å²) in [5.41, 5.74) is 2.28. The monoisotopic (exact) mass is 287 g/mol. The van der Waals surface area contributed by atoms with Crippen LogP contribution in [0.4, 0.5) is 0 Å². The molecule has 2 N–H and O–H groups in total. The normalized spacial score (nSPS) is 10.8. The second kappa shape index (κ2) is 11.5. The molecule has 0 unspecified atom stereocenters. The van der Waals surface area contributed by atoms with Gasteiger partial charge in [0, 0.05) is 30.4 Å². The molecule has 0 aliphatic rings. The third-order valence-electron chi connectivity index (χ3n) is 1.62. The smallest absolute Gasteiger partial charge is 0.240 e. The minimum atomic E-state index is -0.164. The van der Waals surface area contributed by atoms with Crippen molar-refractivity contribution in [2.24, 2.45) is 5.10 Å². The number of carbonyl (C=O) groups excluding carboxylic acids is 2. The molecule has 0 saturated heterocycles. The predicted octanol–water partition coefficient (Wildman–Crippen LogP) is 0.901. The van der Waals surface area contributed by atoms with Gasteiger partial charge in [-0.3, -0.25) is 9.59 Å². The van der Waals surface area contributed by atoms with Crippen molar-refractivity contribution in [2.75, 3.05) is 11.5 Å². The fraction of sp³-hybridized carbons (Fsp3) is 0.700. The fourth-order valence-electron chi connectivity index (χ4n) is 0.946. The summed E-state index contributed by atoms with van der Waals surface area (Å²) in [6.07, 6.45) is 1.92.